The molecule has 2 saturated heterocycles. The second-order valence-electron chi connectivity index (χ2n) is 6.36. The molecule has 0 radical (unpaired) electrons. The van der Waals surface area contributed by atoms with Gasteiger partial charge in [0.05, 0.1) is 5.92 Å². The van der Waals surface area contributed by atoms with Gasteiger partial charge in [0.25, 0.3) is 0 Å². The lowest BCUT2D eigenvalue weighted by Crippen LogP contribution is -2.41. The van der Waals surface area contributed by atoms with Crippen molar-refractivity contribution < 1.29 is 14.3 Å². The Kier molecular flexibility index (Phi) is 5.16. The van der Waals surface area contributed by atoms with Crippen molar-refractivity contribution in [3.05, 3.63) is 35.9 Å². The summed E-state index contributed by atoms with van der Waals surface area (Å²) in [5, 5.41) is 0. The third-order valence-electron chi connectivity index (χ3n) is 4.67. The van der Waals surface area contributed by atoms with Gasteiger partial charge in [-0.25, -0.2) is 4.79 Å². The molecule has 2 aliphatic heterocycles. The van der Waals surface area contributed by atoms with Crippen molar-refractivity contribution in [1.82, 2.24) is 9.80 Å². The Morgan fingerprint density at radius 3 is 2.48 bits per heavy atom. The Bertz CT molecular complexity index is 540. The maximum Gasteiger partial charge on any atom is 0.410 e. The quantitative estimate of drug-likeness (QED) is 0.861. The number of carbonyl (C=O) groups excluding carboxylic acids is 2. The number of likely N-dealkylation sites (tertiary alicyclic amines) is 2. The van der Waals surface area contributed by atoms with Gasteiger partial charge < -0.3 is 14.5 Å². The van der Waals surface area contributed by atoms with Crippen molar-refractivity contribution in [3.63, 3.8) is 0 Å². The standard InChI is InChI=1S/C18H24N2O3/c21-17(19-10-5-2-6-11-19)16-9-12-20(13-16)18(22)23-14-15-7-3-1-4-8-15/h1,3-4,7-8,16H,2,5-6,9-14H2. The number of amides is 2. The molecule has 2 amide bonds. The van der Waals surface area contributed by atoms with Crippen LogP contribution in [0.25, 0.3) is 0 Å². The highest BCUT2D eigenvalue weighted by Crippen LogP contribution is 2.22. The molecule has 0 saturated carbocycles. The van der Waals surface area contributed by atoms with Crippen LogP contribution in [0.5, 0.6) is 0 Å². The minimum Gasteiger partial charge on any atom is -0.445 e. The van der Waals surface area contributed by atoms with E-state index in [2.05, 4.69) is 0 Å². The van der Waals surface area contributed by atoms with Gasteiger partial charge in [-0.2, -0.15) is 0 Å². The van der Waals surface area contributed by atoms with E-state index >= 15 is 0 Å². The van der Waals surface area contributed by atoms with E-state index in [1.807, 2.05) is 35.2 Å². The Morgan fingerprint density at radius 2 is 1.74 bits per heavy atom. The molecule has 5 nitrogen and oxygen atoms in total. The summed E-state index contributed by atoms with van der Waals surface area (Å²) >= 11 is 0. The lowest BCUT2D eigenvalue weighted by molar-refractivity contribution is -0.135. The summed E-state index contributed by atoms with van der Waals surface area (Å²) in [5.74, 6) is 0.153. The van der Waals surface area contributed by atoms with E-state index in [9.17, 15) is 9.59 Å². The highest BCUT2D eigenvalue weighted by molar-refractivity contribution is 5.80. The number of carbonyl (C=O) groups is 2. The first-order valence-corrected chi connectivity index (χ1v) is 8.48. The predicted molar refractivity (Wildman–Crippen MR) is 86.7 cm³/mol. The number of piperidine rings is 1. The molecule has 0 aromatic heterocycles. The van der Waals surface area contributed by atoms with Gasteiger partial charge in [-0.3, -0.25) is 4.79 Å². The third kappa shape index (κ3) is 4.03. The largest absolute Gasteiger partial charge is 0.445 e. The van der Waals surface area contributed by atoms with Crippen molar-refractivity contribution >= 4 is 12.0 Å². The second kappa shape index (κ2) is 7.49. The van der Waals surface area contributed by atoms with Gasteiger partial charge >= 0.3 is 6.09 Å². The molecular weight excluding hydrogens is 292 g/mol. The zero-order valence-electron chi connectivity index (χ0n) is 13.4. The van der Waals surface area contributed by atoms with Crippen LogP contribution in [0.2, 0.25) is 0 Å². The van der Waals surface area contributed by atoms with Crippen molar-refractivity contribution in [1.29, 1.82) is 0 Å². The molecule has 0 spiro atoms. The average molecular weight is 316 g/mol. The van der Waals surface area contributed by atoms with E-state index in [0.717, 1.165) is 37.9 Å². The molecule has 2 aliphatic rings. The Balaban J connectivity index is 1.46. The molecule has 2 fully saturated rings. The normalized spacial score (nSPS) is 21.3. The summed E-state index contributed by atoms with van der Waals surface area (Å²) in [6.07, 6.45) is 3.84. The van der Waals surface area contributed by atoms with Crippen LogP contribution in [0.4, 0.5) is 4.79 Å². The number of hydrogen-bond acceptors (Lipinski definition) is 3. The molecule has 5 heteroatoms. The third-order valence-corrected chi connectivity index (χ3v) is 4.67. The van der Waals surface area contributed by atoms with Gasteiger partial charge in [-0.1, -0.05) is 30.3 Å². The summed E-state index contributed by atoms with van der Waals surface area (Å²) in [5.41, 5.74) is 0.973. The SMILES string of the molecule is O=C(OCc1ccccc1)N1CCC(C(=O)N2CCCCC2)C1. The van der Waals surface area contributed by atoms with Crippen molar-refractivity contribution in [3.8, 4) is 0 Å². The maximum absolute atomic E-state index is 12.5. The van der Waals surface area contributed by atoms with Gasteiger partial charge in [0.2, 0.25) is 5.91 Å². The van der Waals surface area contributed by atoms with Crippen LogP contribution < -0.4 is 0 Å². The molecule has 1 aromatic carbocycles. The fraction of sp³-hybridized carbons (Fsp3) is 0.556. The van der Waals surface area contributed by atoms with Crippen molar-refractivity contribution in [2.75, 3.05) is 26.2 Å². The van der Waals surface area contributed by atoms with Gasteiger partial charge in [-0.05, 0) is 31.2 Å². The predicted octanol–water partition coefficient (Wildman–Crippen LogP) is 2.66. The van der Waals surface area contributed by atoms with E-state index in [1.165, 1.54) is 6.42 Å². The van der Waals surface area contributed by atoms with Crippen LogP contribution in [0.1, 0.15) is 31.2 Å². The topological polar surface area (TPSA) is 49.9 Å². The molecule has 124 valence electrons. The minimum absolute atomic E-state index is 0.0580. The lowest BCUT2D eigenvalue weighted by atomic mass is 10.0. The molecule has 1 aromatic rings. The maximum atomic E-state index is 12.5. The number of rotatable bonds is 3. The molecule has 2 heterocycles. The summed E-state index contributed by atoms with van der Waals surface area (Å²) in [7, 11) is 0. The van der Waals surface area contributed by atoms with Gasteiger partial charge in [0.1, 0.15) is 6.61 Å². The van der Waals surface area contributed by atoms with Crippen LogP contribution in [0.3, 0.4) is 0 Å². The van der Waals surface area contributed by atoms with Gasteiger partial charge in [-0.15, -0.1) is 0 Å². The molecule has 23 heavy (non-hydrogen) atoms. The Hall–Kier alpha value is -2.04. The van der Waals surface area contributed by atoms with Crippen molar-refractivity contribution in [2.45, 2.75) is 32.3 Å². The van der Waals surface area contributed by atoms with E-state index in [0.29, 0.717) is 13.1 Å². The number of nitrogens with zero attached hydrogens (tertiary/aromatic N) is 2. The highest BCUT2D eigenvalue weighted by atomic mass is 16.6. The zero-order chi connectivity index (χ0) is 16.1. The number of benzene rings is 1. The Morgan fingerprint density at radius 1 is 1.00 bits per heavy atom. The summed E-state index contributed by atoms with van der Waals surface area (Å²) in [6, 6.07) is 9.64. The van der Waals surface area contributed by atoms with Crippen LogP contribution in [0, 0.1) is 5.92 Å². The molecular formula is C18H24N2O3. The minimum atomic E-state index is -0.317. The van der Waals surface area contributed by atoms with Crippen LogP contribution in [-0.4, -0.2) is 48.0 Å². The van der Waals surface area contributed by atoms with Crippen LogP contribution in [0.15, 0.2) is 30.3 Å². The molecule has 0 bridgehead atoms. The highest BCUT2D eigenvalue weighted by Gasteiger charge is 2.34. The molecule has 0 N–H and O–H groups in total. The molecule has 1 atom stereocenters. The molecule has 0 aliphatic carbocycles. The van der Waals surface area contributed by atoms with E-state index in [-0.39, 0.29) is 24.5 Å². The first-order chi connectivity index (χ1) is 11.2. The van der Waals surface area contributed by atoms with Gasteiger partial charge in [0, 0.05) is 26.2 Å². The van der Waals surface area contributed by atoms with Gasteiger partial charge in [0.15, 0.2) is 0 Å². The van der Waals surface area contributed by atoms with Crippen LogP contribution in [-0.2, 0) is 16.1 Å². The second-order valence-corrected chi connectivity index (χ2v) is 6.36. The summed E-state index contributed by atoms with van der Waals surface area (Å²) < 4.78 is 5.35. The number of ether oxygens (including phenoxy) is 1. The van der Waals surface area contributed by atoms with E-state index < -0.39 is 0 Å². The monoisotopic (exact) mass is 316 g/mol. The first kappa shape index (κ1) is 15.8. The van der Waals surface area contributed by atoms with E-state index in [1.54, 1.807) is 4.90 Å². The number of hydrogen-bond donors (Lipinski definition) is 0. The van der Waals surface area contributed by atoms with E-state index in [4.69, 9.17) is 4.74 Å². The summed E-state index contributed by atoms with van der Waals surface area (Å²) in [6.45, 7) is 3.11. The van der Waals surface area contributed by atoms with Crippen LogP contribution >= 0.6 is 0 Å². The molecule has 1 unspecified atom stereocenters. The lowest BCUT2D eigenvalue weighted by Gasteiger charge is -2.29. The van der Waals surface area contributed by atoms with Crippen molar-refractivity contribution in [2.24, 2.45) is 5.92 Å². The smallest absolute Gasteiger partial charge is 0.410 e. The average Bonchev–Trinajstić information content (AvgIpc) is 3.11. The fourth-order valence-electron chi connectivity index (χ4n) is 3.31. The molecule has 3 rings (SSSR count). The Labute approximate surface area is 137 Å². The fourth-order valence-corrected chi connectivity index (χ4v) is 3.31. The summed E-state index contributed by atoms with van der Waals surface area (Å²) in [4.78, 5) is 28.3. The first-order valence-electron chi connectivity index (χ1n) is 8.48. The zero-order valence-corrected chi connectivity index (χ0v) is 13.4.